The number of rotatable bonds is 7. The molecule has 0 fully saturated rings. The molecule has 2 aromatic rings. The summed E-state index contributed by atoms with van der Waals surface area (Å²) in [5.74, 6) is -0.0568. The van der Waals surface area contributed by atoms with Crippen molar-refractivity contribution >= 4 is 17.2 Å². The SMILES string of the molecule is CCc1ncnc(CC)c1C(=O)N(C)Cc1csc(C(C)OC)n1. The van der Waals surface area contributed by atoms with Gasteiger partial charge in [0.05, 0.1) is 29.2 Å². The summed E-state index contributed by atoms with van der Waals surface area (Å²) < 4.78 is 5.28. The number of aromatic nitrogens is 3. The summed E-state index contributed by atoms with van der Waals surface area (Å²) in [6, 6.07) is 0. The molecule has 1 unspecified atom stereocenters. The number of thiazole rings is 1. The van der Waals surface area contributed by atoms with Crippen molar-refractivity contribution in [2.24, 2.45) is 0 Å². The zero-order valence-electron chi connectivity index (χ0n) is 14.9. The fraction of sp³-hybridized carbons (Fsp3) is 0.529. The first kappa shape index (κ1) is 18.5. The first-order valence-electron chi connectivity index (χ1n) is 8.07. The summed E-state index contributed by atoms with van der Waals surface area (Å²) >= 11 is 1.55. The van der Waals surface area contributed by atoms with Crippen molar-refractivity contribution in [3.63, 3.8) is 0 Å². The highest BCUT2D eigenvalue weighted by atomic mass is 32.1. The van der Waals surface area contributed by atoms with Crippen LogP contribution in [0.25, 0.3) is 0 Å². The van der Waals surface area contributed by atoms with Gasteiger partial charge in [-0.1, -0.05) is 13.8 Å². The van der Waals surface area contributed by atoms with Gasteiger partial charge in [0.25, 0.3) is 5.91 Å². The zero-order valence-corrected chi connectivity index (χ0v) is 15.7. The number of nitrogens with zero attached hydrogens (tertiary/aromatic N) is 4. The summed E-state index contributed by atoms with van der Waals surface area (Å²) in [6.45, 7) is 6.40. The Balaban J connectivity index is 2.20. The van der Waals surface area contributed by atoms with Crippen molar-refractivity contribution in [3.8, 4) is 0 Å². The molecule has 2 rings (SSSR count). The van der Waals surface area contributed by atoms with Crippen molar-refractivity contribution in [1.29, 1.82) is 0 Å². The van der Waals surface area contributed by atoms with E-state index in [9.17, 15) is 4.79 Å². The number of hydrogen-bond acceptors (Lipinski definition) is 6. The molecule has 2 heterocycles. The number of aryl methyl sites for hydroxylation is 2. The predicted molar refractivity (Wildman–Crippen MR) is 94.1 cm³/mol. The van der Waals surface area contributed by atoms with Crippen LogP contribution in [0.15, 0.2) is 11.7 Å². The smallest absolute Gasteiger partial charge is 0.257 e. The Bertz CT molecular complexity index is 679. The van der Waals surface area contributed by atoms with E-state index in [-0.39, 0.29) is 12.0 Å². The second kappa shape index (κ2) is 8.30. The topological polar surface area (TPSA) is 68.2 Å². The number of methoxy groups -OCH3 is 1. The second-order valence-electron chi connectivity index (χ2n) is 5.57. The van der Waals surface area contributed by atoms with E-state index in [1.54, 1.807) is 30.4 Å². The monoisotopic (exact) mass is 348 g/mol. The molecular formula is C17H24N4O2S. The van der Waals surface area contributed by atoms with Crippen LogP contribution in [0, 0.1) is 0 Å². The maximum absolute atomic E-state index is 12.9. The summed E-state index contributed by atoms with van der Waals surface area (Å²) in [4.78, 5) is 27.7. The molecule has 0 aliphatic rings. The van der Waals surface area contributed by atoms with E-state index < -0.39 is 0 Å². The van der Waals surface area contributed by atoms with Crippen LogP contribution in [0.4, 0.5) is 0 Å². The second-order valence-corrected chi connectivity index (χ2v) is 6.46. The van der Waals surface area contributed by atoms with Crippen LogP contribution in [0.1, 0.15) is 59.3 Å². The van der Waals surface area contributed by atoms with Gasteiger partial charge in [0.15, 0.2) is 0 Å². The normalized spacial score (nSPS) is 12.2. The number of amides is 1. The molecule has 0 N–H and O–H groups in total. The van der Waals surface area contributed by atoms with E-state index in [2.05, 4.69) is 15.0 Å². The van der Waals surface area contributed by atoms with Gasteiger partial charge in [0.2, 0.25) is 0 Å². The van der Waals surface area contributed by atoms with Crippen LogP contribution >= 0.6 is 11.3 Å². The first-order chi connectivity index (χ1) is 11.5. The summed E-state index contributed by atoms with van der Waals surface area (Å²) in [5, 5.41) is 2.89. The molecule has 2 aromatic heterocycles. The quantitative estimate of drug-likeness (QED) is 0.769. The van der Waals surface area contributed by atoms with Crippen LogP contribution in [0.2, 0.25) is 0 Å². The van der Waals surface area contributed by atoms with Crippen LogP contribution in [0.3, 0.4) is 0 Å². The van der Waals surface area contributed by atoms with Gasteiger partial charge >= 0.3 is 0 Å². The third-order valence-electron chi connectivity index (χ3n) is 3.90. The van der Waals surface area contributed by atoms with E-state index in [1.807, 2.05) is 26.2 Å². The molecule has 0 saturated heterocycles. The van der Waals surface area contributed by atoms with Gasteiger partial charge in [-0.15, -0.1) is 11.3 Å². The highest BCUT2D eigenvalue weighted by Crippen LogP contribution is 2.22. The van der Waals surface area contributed by atoms with Gasteiger partial charge in [-0.05, 0) is 19.8 Å². The molecule has 0 aliphatic heterocycles. The highest BCUT2D eigenvalue weighted by molar-refractivity contribution is 7.09. The van der Waals surface area contributed by atoms with Crippen molar-refractivity contribution in [3.05, 3.63) is 39.4 Å². The minimum absolute atomic E-state index is 0.0364. The fourth-order valence-corrected chi connectivity index (χ4v) is 3.28. The molecule has 24 heavy (non-hydrogen) atoms. The zero-order chi connectivity index (χ0) is 17.7. The van der Waals surface area contributed by atoms with Crippen LogP contribution < -0.4 is 0 Å². The maximum atomic E-state index is 12.9. The Kier molecular flexibility index (Phi) is 6.39. The third kappa shape index (κ3) is 3.96. The van der Waals surface area contributed by atoms with Crippen molar-refractivity contribution in [2.45, 2.75) is 46.3 Å². The van der Waals surface area contributed by atoms with Crippen LogP contribution in [-0.2, 0) is 24.1 Å². The van der Waals surface area contributed by atoms with Gasteiger partial charge in [0, 0.05) is 19.5 Å². The van der Waals surface area contributed by atoms with E-state index in [4.69, 9.17) is 4.74 Å². The van der Waals surface area contributed by atoms with Crippen LogP contribution in [0.5, 0.6) is 0 Å². The minimum Gasteiger partial charge on any atom is -0.375 e. The lowest BCUT2D eigenvalue weighted by molar-refractivity contribution is 0.0780. The Morgan fingerprint density at radius 1 is 1.29 bits per heavy atom. The molecule has 0 radical (unpaired) electrons. The average molecular weight is 348 g/mol. The highest BCUT2D eigenvalue weighted by Gasteiger charge is 2.21. The molecule has 0 aliphatic carbocycles. The molecule has 0 saturated carbocycles. The Hall–Kier alpha value is -1.86. The number of carbonyl (C=O) groups excluding carboxylic acids is 1. The molecule has 7 heteroatoms. The summed E-state index contributed by atoms with van der Waals surface area (Å²) in [7, 11) is 3.45. The van der Waals surface area contributed by atoms with Gasteiger partial charge in [-0.25, -0.2) is 15.0 Å². The van der Waals surface area contributed by atoms with E-state index in [0.717, 1.165) is 22.1 Å². The number of ether oxygens (including phenoxy) is 1. The van der Waals surface area contributed by atoms with Crippen LogP contribution in [-0.4, -0.2) is 39.9 Å². The Morgan fingerprint density at radius 3 is 2.46 bits per heavy atom. The lowest BCUT2D eigenvalue weighted by Gasteiger charge is -2.19. The summed E-state index contributed by atoms with van der Waals surface area (Å²) in [6.07, 6.45) is 2.91. The number of carbonyl (C=O) groups is 1. The third-order valence-corrected chi connectivity index (χ3v) is 4.96. The molecule has 130 valence electrons. The lowest BCUT2D eigenvalue weighted by atomic mass is 10.1. The van der Waals surface area contributed by atoms with Gasteiger partial charge in [0.1, 0.15) is 17.4 Å². The van der Waals surface area contributed by atoms with Crippen molar-refractivity contribution < 1.29 is 9.53 Å². The maximum Gasteiger partial charge on any atom is 0.257 e. The summed E-state index contributed by atoms with van der Waals surface area (Å²) in [5.41, 5.74) is 3.09. The molecular weight excluding hydrogens is 324 g/mol. The first-order valence-corrected chi connectivity index (χ1v) is 8.95. The molecule has 1 amide bonds. The Morgan fingerprint density at radius 2 is 1.92 bits per heavy atom. The average Bonchev–Trinajstić information content (AvgIpc) is 3.07. The number of hydrogen-bond donors (Lipinski definition) is 0. The standard InChI is InChI=1S/C17H24N4O2S/c1-6-13-15(14(7-2)19-10-18-13)17(22)21(4)8-12-9-24-16(20-12)11(3)23-5/h9-11H,6-8H2,1-5H3. The largest absolute Gasteiger partial charge is 0.375 e. The van der Waals surface area contributed by atoms with Gasteiger partial charge in [-0.3, -0.25) is 4.79 Å². The molecule has 0 bridgehead atoms. The lowest BCUT2D eigenvalue weighted by Crippen LogP contribution is -2.29. The predicted octanol–water partition coefficient (Wildman–Crippen LogP) is 3.04. The molecule has 0 spiro atoms. The van der Waals surface area contributed by atoms with Crippen molar-refractivity contribution in [1.82, 2.24) is 19.9 Å². The van der Waals surface area contributed by atoms with E-state index in [1.165, 1.54) is 6.33 Å². The van der Waals surface area contributed by atoms with E-state index >= 15 is 0 Å². The Labute approximate surface area is 146 Å². The fourth-order valence-electron chi connectivity index (χ4n) is 2.44. The van der Waals surface area contributed by atoms with Crippen molar-refractivity contribution in [2.75, 3.05) is 14.2 Å². The molecule has 0 aromatic carbocycles. The van der Waals surface area contributed by atoms with Gasteiger partial charge in [-0.2, -0.15) is 0 Å². The molecule has 1 atom stereocenters. The van der Waals surface area contributed by atoms with Gasteiger partial charge < -0.3 is 9.64 Å². The minimum atomic E-state index is -0.0568. The molecule has 6 nitrogen and oxygen atoms in total. The van der Waals surface area contributed by atoms with E-state index in [0.29, 0.717) is 24.9 Å².